The first-order valence-electron chi connectivity index (χ1n) is 7.47. The molecule has 8 heteroatoms. The summed E-state index contributed by atoms with van der Waals surface area (Å²) in [6.45, 7) is 3.56. The number of carboxylic acids is 1. The third-order valence-corrected chi connectivity index (χ3v) is 3.20. The lowest BCUT2D eigenvalue weighted by molar-refractivity contribution is -0.147. The predicted molar refractivity (Wildman–Crippen MR) is 87.2 cm³/mol. The molecule has 2 N–H and O–H groups in total. The van der Waals surface area contributed by atoms with Crippen LogP contribution in [0.1, 0.15) is 19.4 Å². The molecule has 0 saturated carbocycles. The molecule has 0 radical (unpaired) electrons. The molecule has 3 amide bonds. The summed E-state index contributed by atoms with van der Waals surface area (Å²) in [5, 5.41) is 13.8. The molecular formula is C16H23N3O5. The molecule has 1 atom stereocenters. The predicted octanol–water partition coefficient (Wildman–Crippen LogP) is 1.72. The van der Waals surface area contributed by atoms with Crippen LogP contribution in [0.5, 0.6) is 0 Å². The summed E-state index contributed by atoms with van der Waals surface area (Å²) >= 11 is 0. The molecule has 132 valence electrons. The lowest BCUT2D eigenvalue weighted by Gasteiger charge is -2.29. The number of aliphatic carboxylic acids is 1. The van der Waals surface area contributed by atoms with Crippen LogP contribution < -0.4 is 5.32 Å². The van der Waals surface area contributed by atoms with Gasteiger partial charge in [0.15, 0.2) is 0 Å². The maximum absolute atomic E-state index is 12.1. The fourth-order valence-electron chi connectivity index (χ4n) is 1.80. The van der Waals surface area contributed by atoms with Gasteiger partial charge in [0.25, 0.3) is 0 Å². The Morgan fingerprint density at radius 3 is 2.21 bits per heavy atom. The van der Waals surface area contributed by atoms with Crippen LogP contribution in [0.25, 0.3) is 0 Å². The largest absolute Gasteiger partial charge is 0.478 e. The first-order chi connectivity index (χ1) is 11.2. The van der Waals surface area contributed by atoms with E-state index in [-0.39, 0.29) is 12.5 Å². The highest BCUT2D eigenvalue weighted by molar-refractivity contribution is 5.80. The number of hydrogen-bond donors (Lipinski definition) is 2. The zero-order chi connectivity index (χ0) is 18.3. The molecule has 8 nitrogen and oxygen atoms in total. The SMILES string of the molecule is CC(C)NC(=O)N(C)N(C)C(=O)OC(Cc1ccccc1)C(=O)O. The van der Waals surface area contributed by atoms with Crippen molar-refractivity contribution >= 4 is 18.1 Å². The quantitative estimate of drug-likeness (QED) is 0.797. The number of nitrogens with zero attached hydrogens (tertiary/aromatic N) is 2. The summed E-state index contributed by atoms with van der Waals surface area (Å²) < 4.78 is 5.02. The first-order valence-corrected chi connectivity index (χ1v) is 7.47. The van der Waals surface area contributed by atoms with Crippen LogP contribution in [0.3, 0.4) is 0 Å². The molecule has 0 aliphatic rings. The second-order valence-corrected chi connectivity index (χ2v) is 5.55. The third kappa shape index (κ3) is 5.79. The number of hydrazine groups is 1. The molecule has 1 aromatic carbocycles. The lowest BCUT2D eigenvalue weighted by atomic mass is 10.1. The molecule has 1 unspecified atom stereocenters. The maximum atomic E-state index is 12.1. The Labute approximate surface area is 141 Å². The molecule has 1 aromatic rings. The van der Waals surface area contributed by atoms with Crippen LogP contribution in [0.15, 0.2) is 30.3 Å². The van der Waals surface area contributed by atoms with Crippen LogP contribution in [0.2, 0.25) is 0 Å². The number of nitrogens with one attached hydrogen (secondary N) is 1. The number of urea groups is 1. The Kier molecular flexibility index (Phi) is 7.03. The molecule has 0 saturated heterocycles. The average molecular weight is 337 g/mol. The number of carbonyl (C=O) groups excluding carboxylic acids is 2. The minimum Gasteiger partial charge on any atom is -0.478 e. The summed E-state index contributed by atoms with van der Waals surface area (Å²) in [5.41, 5.74) is 0.728. The van der Waals surface area contributed by atoms with Gasteiger partial charge >= 0.3 is 18.1 Å². The normalized spacial score (nSPS) is 11.5. The van der Waals surface area contributed by atoms with E-state index in [0.29, 0.717) is 0 Å². The molecular weight excluding hydrogens is 314 g/mol. The van der Waals surface area contributed by atoms with Crippen molar-refractivity contribution in [3.8, 4) is 0 Å². The van der Waals surface area contributed by atoms with E-state index in [4.69, 9.17) is 4.74 Å². The van der Waals surface area contributed by atoms with Crippen molar-refractivity contribution in [3.63, 3.8) is 0 Å². The number of carboxylic acid groups (broad SMARTS) is 1. The van der Waals surface area contributed by atoms with Crippen molar-refractivity contribution in [2.45, 2.75) is 32.4 Å². The van der Waals surface area contributed by atoms with Gasteiger partial charge in [0.2, 0.25) is 6.10 Å². The number of benzene rings is 1. The Morgan fingerprint density at radius 1 is 1.12 bits per heavy atom. The van der Waals surface area contributed by atoms with Crippen LogP contribution in [-0.4, -0.2) is 59.5 Å². The van der Waals surface area contributed by atoms with Crippen molar-refractivity contribution in [2.75, 3.05) is 14.1 Å². The van der Waals surface area contributed by atoms with E-state index >= 15 is 0 Å². The van der Waals surface area contributed by atoms with Gasteiger partial charge in [-0.15, -0.1) is 0 Å². The number of carbonyl (C=O) groups is 3. The fourth-order valence-corrected chi connectivity index (χ4v) is 1.80. The maximum Gasteiger partial charge on any atom is 0.429 e. The Bertz CT molecular complexity index is 576. The monoisotopic (exact) mass is 337 g/mol. The standard InChI is InChI=1S/C16H23N3O5/c1-11(2)17-15(22)18(3)19(4)16(23)24-13(14(20)21)10-12-8-6-5-7-9-12/h5-9,11,13H,10H2,1-4H3,(H,17,22)(H,20,21). The van der Waals surface area contributed by atoms with Crippen molar-refractivity contribution in [3.05, 3.63) is 35.9 Å². The number of rotatable bonds is 5. The minimum atomic E-state index is -1.34. The summed E-state index contributed by atoms with van der Waals surface area (Å²) in [5.74, 6) is -1.25. The molecule has 0 bridgehead atoms. The van der Waals surface area contributed by atoms with E-state index in [0.717, 1.165) is 15.6 Å². The van der Waals surface area contributed by atoms with Crippen molar-refractivity contribution < 1.29 is 24.2 Å². The fraction of sp³-hybridized carbons (Fsp3) is 0.438. The summed E-state index contributed by atoms with van der Waals surface area (Å²) in [4.78, 5) is 35.3. The van der Waals surface area contributed by atoms with Gasteiger partial charge in [0, 0.05) is 26.6 Å². The number of hydrogen-bond acceptors (Lipinski definition) is 4. The van der Waals surface area contributed by atoms with E-state index in [9.17, 15) is 19.5 Å². The smallest absolute Gasteiger partial charge is 0.429 e. The van der Waals surface area contributed by atoms with Gasteiger partial charge in [0.1, 0.15) is 0 Å². The second-order valence-electron chi connectivity index (χ2n) is 5.55. The van der Waals surface area contributed by atoms with E-state index in [1.165, 1.54) is 14.1 Å². The lowest BCUT2D eigenvalue weighted by Crippen LogP contribution is -2.51. The van der Waals surface area contributed by atoms with Gasteiger partial charge in [-0.25, -0.2) is 24.4 Å². The Hall–Kier alpha value is -2.77. The van der Waals surface area contributed by atoms with Crippen molar-refractivity contribution in [2.24, 2.45) is 0 Å². The van der Waals surface area contributed by atoms with Gasteiger partial charge in [-0.05, 0) is 19.4 Å². The first kappa shape index (κ1) is 19.3. The molecule has 24 heavy (non-hydrogen) atoms. The average Bonchev–Trinajstić information content (AvgIpc) is 2.52. The van der Waals surface area contributed by atoms with Gasteiger partial charge in [-0.1, -0.05) is 30.3 Å². The van der Waals surface area contributed by atoms with Crippen molar-refractivity contribution in [1.82, 2.24) is 15.3 Å². The summed E-state index contributed by atoms with van der Waals surface area (Å²) in [7, 11) is 2.70. The number of ether oxygens (including phenoxy) is 1. The number of amides is 3. The van der Waals surface area contributed by atoms with E-state index < -0.39 is 24.2 Å². The zero-order valence-corrected chi connectivity index (χ0v) is 14.2. The zero-order valence-electron chi connectivity index (χ0n) is 14.2. The van der Waals surface area contributed by atoms with Gasteiger partial charge in [-0.2, -0.15) is 0 Å². The minimum absolute atomic E-state index is 0.0393. The molecule has 0 heterocycles. The summed E-state index contributed by atoms with van der Waals surface area (Å²) in [6, 6.07) is 8.24. The Balaban J connectivity index is 2.70. The van der Waals surface area contributed by atoms with Crippen LogP contribution >= 0.6 is 0 Å². The highest BCUT2D eigenvalue weighted by Crippen LogP contribution is 2.09. The second kappa shape index (κ2) is 8.76. The van der Waals surface area contributed by atoms with Crippen LogP contribution in [0.4, 0.5) is 9.59 Å². The highest BCUT2D eigenvalue weighted by atomic mass is 16.6. The van der Waals surface area contributed by atoms with Crippen LogP contribution in [0, 0.1) is 0 Å². The highest BCUT2D eigenvalue weighted by Gasteiger charge is 2.27. The van der Waals surface area contributed by atoms with Gasteiger partial charge in [-0.3, -0.25) is 0 Å². The van der Waals surface area contributed by atoms with E-state index in [1.807, 2.05) is 0 Å². The van der Waals surface area contributed by atoms with Gasteiger partial charge in [0.05, 0.1) is 0 Å². The van der Waals surface area contributed by atoms with Gasteiger partial charge < -0.3 is 15.2 Å². The Morgan fingerprint density at radius 2 is 1.71 bits per heavy atom. The third-order valence-electron chi connectivity index (χ3n) is 3.20. The summed E-state index contributed by atoms with van der Waals surface area (Å²) in [6.07, 6.45) is -2.24. The topological polar surface area (TPSA) is 99.2 Å². The molecule has 0 aromatic heterocycles. The van der Waals surface area contributed by atoms with Crippen LogP contribution in [-0.2, 0) is 16.0 Å². The molecule has 0 aliphatic carbocycles. The van der Waals surface area contributed by atoms with E-state index in [1.54, 1.807) is 44.2 Å². The molecule has 0 fully saturated rings. The molecule has 1 rings (SSSR count). The van der Waals surface area contributed by atoms with E-state index in [2.05, 4.69) is 5.32 Å². The van der Waals surface area contributed by atoms with Crippen molar-refractivity contribution in [1.29, 1.82) is 0 Å². The molecule has 0 aliphatic heterocycles. The molecule has 0 spiro atoms.